The van der Waals surface area contributed by atoms with Crippen molar-refractivity contribution >= 4 is 6.03 Å². The fourth-order valence-corrected chi connectivity index (χ4v) is 3.46. The predicted octanol–water partition coefficient (Wildman–Crippen LogP) is 2.40. The lowest BCUT2D eigenvalue weighted by Gasteiger charge is -2.58. The molecule has 4 heteroatoms. The zero-order chi connectivity index (χ0) is 14.2. The van der Waals surface area contributed by atoms with Gasteiger partial charge >= 0.3 is 6.03 Å². The van der Waals surface area contributed by atoms with Gasteiger partial charge in [-0.25, -0.2) is 4.79 Å². The van der Waals surface area contributed by atoms with Gasteiger partial charge in [-0.05, 0) is 47.0 Å². The van der Waals surface area contributed by atoms with Gasteiger partial charge in [-0.3, -0.25) is 4.90 Å². The number of nitrogens with zero attached hydrogens (tertiary/aromatic N) is 3. The molecule has 0 aliphatic carbocycles. The lowest BCUT2D eigenvalue weighted by atomic mass is 9.75. The second kappa shape index (κ2) is 5.31. The van der Waals surface area contributed by atoms with Gasteiger partial charge in [0.25, 0.3) is 0 Å². The minimum atomic E-state index is 0.195. The van der Waals surface area contributed by atoms with Gasteiger partial charge in [0, 0.05) is 44.3 Å². The summed E-state index contributed by atoms with van der Waals surface area (Å²) in [4.78, 5) is 18.8. The van der Waals surface area contributed by atoms with Crippen molar-refractivity contribution in [2.75, 3.05) is 26.7 Å². The summed E-state index contributed by atoms with van der Waals surface area (Å²) in [5.41, 5.74) is 0.404. The van der Waals surface area contributed by atoms with Crippen molar-refractivity contribution in [3.8, 4) is 0 Å². The van der Waals surface area contributed by atoms with Crippen molar-refractivity contribution < 1.29 is 4.79 Å². The van der Waals surface area contributed by atoms with E-state index in [1.807, 2.05) is 16.8 Å². The zero-order valence-corrected chi connectivity index (χ0v) is 13.1. The standard InChI is InChI=1S/C15H29N3O/c1-12(2)16(5)14(19)17-9-6-15(7-10-17)8-11-18(15)13(3)4/h12-13H,6-11H2,1-5H3. The maximum atomic E-state index is 12.3. The molecule has 0 aromatic heterocycles. The van der Waals surface area contributed by atoms with E-state index in [4.69, 9.17) is 0 Å². The molecule has 19 heavy (non-hydrogen) atoms. The second-order valence-electron chi connectivity index (χ2n) is 6.74. The molecule has 2 amide bonds. The molecule has 4 nitrogen and oxygen atoms in total. The molecule has 0 unspecified atom stereocenters. The fraction of sp³-hybridized carbons (Fsp3) is 0.933. The average molecular weight is 267 g/mol. The van der Waals surface area contributed by atoms with Crippen LogP contribution in [0.4, 0.5) is 4.79 Å². The molecule has 2 aliphatic heterocycles. The monoisotopic (exact) mass is 267 g/mol. The molecule has 0 radical (unpaired) electrons. The van der Waals surface area contributed by atoms with Gasteiger partial charge in [0.2, 0.25) is 0 Å². The van der Waals surface area contributed by atoms with E-state index in [1.165, 1.54) is 13.0 Å². The van der Waals surface area contributed by atoms with Crippen molar-refractivity contribution in [2.45, 2.75) is 64.6 Å². The number of rotatable bonds is 2. The van der Waals surface area contributed by atoms with Crippen LogP contribution in [-0.2, 0) is 0 Å². The van der Waals surface area contributed by atoms with Gasteiger partial charge in [-0.1, -0.05) is 0 Å². The highest BCUT2D eigenvalue weighted by Crippen LogP contribution is 2.41. The Bertz CT molecular complexity index is 332. The van der Waals surface area contributed by atoms with Crippen molar-refractivity contribution in [1.82, 2.24) is 14.7 Å². The van der Waals surface area contributed by atoms with Crippen LogP contribution in [0.25, 0.3) is 0 Å². The van der Waals surface area contributed by atoms with Crippen LogP contribution in [0.15, 0.2) is 0 Å². The number of urea groups is 1. The Morgan fingerprint density at radius 1 is 1.05 bits per heavy atom. The van der Waals surface area contributed by atoms with Crippen LogP contribution < -0.4 is 0 Å². The number of carbonyl (C=O) groups is 1. The molecule has 2 heterocycles. The smallest absolute Gasteiger partial charge is 0.319 e. The number of carbonyl (C=O) groups excluding carboxylic acids is 1. The van der Waals surface area contributed by atoms with Crippen molar-refractivity contribution in [1.29, 1.82) is 0 Å². The summed E-state index contributed by atoms with van der Waals surface area (Å²) < 4.78 is 0. The summed E-state index contributed by atoms with van der Waals surface area (Å²) in [6, 6.07) is 1.11. The molecular weight excluding hydrogens is 238 g/mol. The molecule has 0 saturated carbocycles. The van der Waals surface area contributed by atoms with Gasteiger partial charge < -0.3 is 9.80 Å². The topological polar surface area (TPSA) is 26.8 Å². The molecule has 0 atom stereocenters. The second-order valence-corrected chi connectivity index (χ2v) is 6.74. The SMILES string of the molecule is CC(C)N(C)C(=O)N1CCC2(CC1)CCN2C(C)C. The van der Waals surface area contributed by atoms with Crippen LogP contribution in [-0.4, -0.2) is 65.0 Å². The largest absolute Gasteiger partial charge is 0.325 e. The molecule has 0 aromatic rings. The summed E-state index contributed by atoms with van der Waals surface area (Å²) in [5.74, 6) is 0. The Morgan fingerprint density at radius 3 is 1.95 bits per heavy atom. The van der Waals surface area contributed by atoms with Crippen molar-refractivity contribution in [3.05, 3.63) is 0 Å². The first-order valence-corrected chi connectivity index (χ1v) is 7.66. The predicted molar refractivity (Wildman–Crippen MR) is 78.3 cm³/mol. The lowest BCUT2D eigenvalue weighted by molar-refractivity contribution is -0.0738. The maximum Gasteiger partial charge on any atom is 0.319 e. The molecule has 2 fully saturated rings. The molecule has 2 saturated heterocycles. The summed E-state index contributed by atoms with van der Waals surface area (Å²) in [6.07, 6.45) is 3.60. The molecule has 110 valence electrons. The van der Waals surface area contributed by atoms with Crippen LogP contribution in [0.3, 0.4) is 0 Å². The summed E-state index contributed by atoms with van der Waals surface area (Å²) in [7, 11) is 1.90. The van der Waals surface area contributed by atoms with Gasteiger partial charge in [0.1, 0.15) is 0 Å². The Kier molecular flexibility index (Phi) is 4.09. The molecule has 0 bridgehead atoms. The van der Waals surface area contributed by atoms with Crippen LogP contribution >= 0.6 is 0 Å². The van der Waals surface area contributed by atoms with E-state index in [0.29, 0.717) is 11.6 Å². The third-order valence-corrected chi connectivity index (χ3v) is 5.09. The maximum absolute atomic E-state index is 12.3. The van der Waals surface area contributed by atoms with E-state index in [9.17, 15) is 4.79 Å². The van der Waals surface area contributed by atoms with E-state index in [1.54, 1.807) is 0 Å². The van der Waals surface area contributed by atoms with Gasteiger partial charge in [-0.2, -0.15) is 0 Å². The van der Waals surface area contributed by atoms with Crippen molar-refractivity contribution in [2.24, 2.45) is 0 Å². The van der Waals surface area contributed by atoms with E-state index in [-0.39, 0.29) is 12.1 Å². The number of piperidine rings is 1. The first kappa shape index (κ1) is 14.6. The third-order valence-electron chi connectivity index (χ3n) is 5.09. The quantitative estimate of drug-likeness (QED) is 0.768. The van der Waals surface area contributed by atoms with E-state index in [2.05, 4.69) is 32.6 Å². The molecule has 0 N–H and O–H groups in total. The van der Waals surface area contributed by atoms with Crippen LogP contribution in [0.2, 0.25) is 0 Å². The average Bonchev–Trinajstić information content (AvgIpc) is 2.35. The number of likely N-dealkylation sites (tertiary alicyclic amines) is 2. The van der Waals surface area contributed by atoms with Gasteiger partial charge in [0.15, 0.2) is 0 Å². The van der Waals surface area contributed by atoms with Crippen molar-refractivity contribution in [3.63, 3.8) is 0 Å². The number of hydrogen-bond donors (Lipinski definition) is 0. The van der Waals surface area contributed by atoms with Crippen LogP contribution in [0.1, 0.15) is 47.0 Å². The minimum Gasteiger partial charge on any atom is -0.325 e. The summed E-state index contributed by atoms with van der Waals surface area (Å²) in [6.45, 7) is 11.8. The molecular formula is C15H29N3O. The minimum absolute atomic E-state index is 0.195. The highest BCUT2D eigenvalue weighted by Gasteiger charge is 2.47. The van der Waals surface area contributed by atoms with Crippen LogP contribution in [0.5, 0.6) is 0 Å². The lowest BCUT2D eigenvalue weighted by Crippen LogP contribution is -2.66. The highest BCUT2D eigenvalue weighted by atomic mass is 16.2. The molecule has 1 spiro atoms. The summed E-state index contributed by atoms with van der Waals surface area (Å²) >= 11 is 0. The summed E-state index contributed by atoms with van der Waals surface area (Å²) in [5, 5.41) is 0. The number of hydrogen-bond acceptors (Lipinski definition) is 2. The molecule has 2 aliphatic rings. The zero-order valence-electron chi connectivity index (χ0n) is 13.1. The van der Waals surface area contributed by atoms with Crippen LogP contribution in [0, 0.1) is 0 Å². The Hall–Kier alpha value is -0.770. The number of amides is 2. The Morgan fingerprint density at radius 2 is 1.58 bits per heavy atom. The first-order chi connectivity index (χ1) is 8.87. The molecule has 0 aromatic carbocycles. The highest BCUT2D eigenvalue weighted by molar-refractivity contribution is 5.74. The fourth-order valence-electron chi connectivity index (χ4n) is 3.46. The Labute approximate surface area is 117 Å². The Balaban J connectivity index is 1.91. The normalized spacial score (nSPS) is 23.0. The third kappa shape index (κ3) is 2.60. The first-order valence-electron chi connectivity index (χ1n) is 7.66. The van der Waals surface area contributed by atoms with Gasteiger partial charge in [0.05, 0.1) is 0 Å². The van der Waals surface area contributed by atoms with E-state index >= 15 is 0 Å². The van der Waals surface area contributed by atoms with Gasteiger partial charge in [-0.15, -0.1) is 0 Å². The van der Waals surface area contributed by atoms with E-state index < -0.39 is 0 Å². The van der Waals surface area contributed by atoms with E-state index in [0.717, 1.165) is 25.9 Å². The molecule has 2 rings (SSSR count).